The lowest BCUT2D eigenvalue weighted by atomic mass is 9.90. The van der Waals surface area contributed by atoms with Gasteiger partial charge in [-0.3, -0.25) is 19.4 Å². The van der Waals surface area contributed by atoms with Crippen LogP contribution >= 0.6 is 0 Å². The predicted octanol–water partition coefficient (Wildman–Crippen LogP) is 3.51. The van der Waals surface area contributed by atoms with Crippen LogP contribution in [-0.2, 0) is 22.6 Å². The van der Waals surface area contributed by atoms with E-state index >= 15 is 0 Å². The van der Waals surface area contributed by atoms with Crippen molar-refractivity contribution in [3.8, 4) is 11.5 Å². The van der Waals surface area contributed by atoms with E-state index in [1.54, 1.807) is 55.0 Å². The van der Waals surface area contributed by atoms with Gasteiger partial charge in [0.05, 0.1) is 38.2 Å². The number of hydrogen-bond acceptors (Lipinski definition) is 6. The number of hydrogen-bond donors (Lipinski definition) is 0. The number of fused-ring (bicyclic) bond motifs is 1. The summed E-state index contributed by atoms with van der Waals surface area (Å²) in [7, 11) is 3.12. The van der Waals surface area contributed by atoms with Gasteiger partial charge in [0.25, 0.3) is 0 Å². The third-order valence-electron chi connectivity index (χ3n) is 7.58. The van der Waals surface area contributed by atoms with Crippen LogP contribution in [0.4, 0.5) is 10.5 Å². The first kappa shape index (κ1) is 25.6. The molecule has 38 heavy (non-hydrogen) atoms. The van der Waals surface area contributed by atoms with Gasteiger partial charge in [-0.1, -0.05) is 0 Å². The lowest BCUT2D eigenvalue weighted by Crippen LogP contribution is -2.52. The van der Waals surface area contributed by atoms with Gasteiger partial charge in [0, 0.05) is 50.8 Å². The van der Waals surface area contributed by atoms with E-state index in [2.05, 4.69) is 17.2 Å². The van der Waals surface area contributed by atoms with Crippen molar-refractivity contribution in [1.82, 2.24) is 19.4 Å². The second-order valence-electron chi connectivity index (χ2n) is 9.89. The number of amides is 4. The second-order valence-corrected chi connectivity index (χ2v) is 9.89. The maximum atomic E-state index is 13.6. The zero-order valence-electron chi connectivity index (χ0n) is 22.1. The molecule has 0 saturated carbocycles. The Hall–Kier alpha value is -4.08. The van der Waals surface area contributed by atoms with Gasteiger partial charge >= 0.3 is 6.03 Å². The van der Waals surface area contributed by atoms with E-state index in [1.165, 1.54) is 10.5 Å². The Labute approximate surface area is 221 Å². The van der Waals surface area contributed by atoms with E-state index in [1.807, 2.05) is 11.1 Å². The predicted molar refractivity (Wildman–Crippen MR) is 141 cm³/mol. The number of pyridine rings is 1. The molecule has 200 valence electrons. The summed E-state index contributed by atoms with van der Waals surface area (Å²) in [4.78, 5) is 42.9. The number of ether oxygens (including phenoxy) is 2. The molecular weight excluding hydrogens is 486 g/mol. The molecule has 1 aromatic carbocycles. The number of methoxy groups -OCH3 is 2. The van der Waals surface area contributed by atoms with Crippen molar-refractivity contribution in [2.75, 3.05) is 38.8 Å². The minimum Gasteiger partial charge on any atom is -0.497 e. The molecule has 2 aliphatic rings. The van der Waals surface area contributed by atoms with E-state index < -0.39 is 0 Å². The van der Waals surface area contributed by atoms with Crippen LogP contribution in [0.2, 0.25) is 0 Å². The molecule has 0 N–H and O–H groups in total. The lowest BCUT2D eigenvalue weighted by Gasteiger charge is -2.34. The molecule has 10 heteroatoms. The number of imide groups is 1. The smallest absolute Gasteiger partial charge is 0.331 e. The average molecular weight is 520 g/mol. The Bertz CT molecular complexity index is 1360. The Morgan fingerprint density at radius 2 is 1.84 bits per heavy atom. The maximum Gasteiger partial charge on any atom is 0.331 e. The van der Waals surface area contributed by atoms with E-state index in [0.29, 0.717) is 29.6 Å². The average Bonchev–Trinajstić information content (AvgIpc) is 3.34. The van der Waals surface area contributed by atoms with Gasteiger partial charge in [0.1, 0.15) is 11.5 Å². The topological polar surface area (TPSA) is 96.7 Å². The van der Waals surface area contributed by atoms with Gasteiger partial charge in [-0.15, -0.1) is 0 Å². The van der Waals surface area contributed by atoms with Gasteiger partial charge in [-0.2, -0.15) is 5.10 Å². The number of carbonyl (C=O) groups is 3. The molecule has 10 nitrogen and oxygen atoms in total. The number of aromatic nitrogens is 2. The first-order valence-electron chi connectivity index (χ1n) is 12.9. The normalized spacial score (nSPS) is 16.9. The third kappa shape index (κ3) is 5.03. The summed E-state index contributed by atoms with van der Waals surface area (Å²) < 4.78 is 12.5. The second kappa shape index (κ2) is 10.7. The molecule has 0 atom stereocenters. The van der Waals surface area contributed by atoms with Crippen molar-refractivity contribution >= 4 is 29.0 Å². The molecule has 0 spiro atoms. The van der Waals surface area contributed by atoms with Gasteiger partial charge in [-0.25, -0.2) is 9.31 Å². The minimum absolute atomic E-state index is 0.102. The summed E-state index contributed by atoms with van der Waals surface area (Å²) in [5.74, 6) is 1.60. The van der Waals surface area contributed by atoms with Gasteiger partial charge in [0.15, 0.2) is 0 Å². The summed E-state index contributed by atoms with van der Waals surface area (Å²) in [6.45, 7) is 3.61. The van der Waals surface area contributed by atoms with Crippen molar-refractivity contribution in [1.29, 1.82) is 0 Å². The molecule has 0 radical (unpaired) electrons. The van der Waals surface area contributed by atoms with E-state index in [9.17, 15) is 14.4 Å². The van der Waals surface area contributed by atoms with Crippen molar-refractivity contribution in [3.05, 3.63) is 53.9 Å². The van der Waals surface area contributed by atoms with Gasteiger partial charge in [-0.05, 0) is 55.0 Å². The third-order valence-corrected chi connectivity index (χ3v) is 7.58. The van der Waals surface area contributed by atoms with Crippen molar-refractivity contribution in [3.63, 3.8) is 0 Å². The monoisotopic (exact) mass is 519 g/mol. The maximum absolute atomic E-state index is 13.6. The van der Waals surface area contributed by atoms with E-state index in [4.69, 9.17) is 9.47 Å². The fourth-order valence-corrected chi connectivity index (χ4v) is 5.35. The Kier molecular flexibility index (Phi) is 7.22. The van der Waals surface area contributed by atoms with Crippen LogP contribution in [0, 0.1) is 5.92 Å². The quantitative estimate of drug-likeness (QED) is 0.474. The van der Waals surface area contributed by atoms with Crippen molar-refractivity contribution < 1.29 is 23.9 Å². The summed E-state index contributed by atoms with van der Waals surface area (Å²) in [6.07, 6.45) is 6.68. The molecule has 2 fully saturated rings. The number of rotatable bonds is 7. The molecular formula is C28H33N5O5. The first-order valence-corrected chi connectivity index (χ1v) is 12.9. The Morgan fingerprint density at radius 3 is 2.55 bits per heavy atom. The summed E-state index contributed by atoms with van der Waals surface area (Å²) in [5.41, 5.74) is 3.39. The molecule has 3 aromatic rings. The summed E-state index contributed by atoms with van der Waals surface area (Å²) in [6, 6.07) is 9.09. The van der Waals surface area contributed by atoms with E-state index in [-0.39, 0.29) is 30.8 Å². The molecule has 5 rings (SSSR count). The molecule has 2 aliphatic heterocycles. The summed E-state index contributed by atoms with van der Waals surface area (Å²) >= 11 is 0. The summed E-state index contributed by atoms with van der Waals surface area (Å²) in [5, 5.41) is 4.46. The van der Waals surface area contributed by atoms with Crippen LogP contribution in [0.1, 0.15) is 37.3 Å². The largest absolute Gasteiger partial charge is 0.497 e. The Morgan fingerprint density at radius 1 is 1.05 bits per heavy atom. The number of carbonyl (C=O) groups excluding carboxylic acids is 3. The molecule has 4 heterocycles. The molecule has 0 unspecified atom stereocenters. The number of likely N-dealkylation sites (tertiary alicyclic amines) is 1. The van der Waals surface area contributed by atoms with Crippen molar-refractivity contribution in [2.45, 2.75) is 39.2 Å². The first-order chi connectivity index (χ1) is 18.4. The molecule has 2 aromatic heterocycles. The highest BCUT2D eigenvalue weighted by Gasteiger charge is 2.35. The lowest BCUT2D eigenvalue weighted by molar-refractivity contribution is -0.130. The standard InChI is InChI=1S/C28H33N5O5/c1-19(34)30-10-6-20(7-11-30)14-21-8-13-33-24(15-21)25(17-29-33)31-12-9-27(35)32(28(31)36)18-22-4-5-23(37-2)16-26(22)38-3/h4-5,8,13,15-17,20H,6-7,9-12,14,18H2,1-3H3. The number of anilines is 1. The molecule has 0 aliphatic carbocycles. The SMILES string of the molecule is COc1ccc(CN2C(=O)CCN(c3cnn4ccc(CC5CCN(C(C)=O)CC5)cc34)C2=O)c(OC)c1. The molecule has 2 saturated heterocycles. The van der Waals surface area contributed by atoms with Crippen LogP contribution in [0.5, 0.6) is 11.5 Å². The number of piperidine rings is 1. The molecule has 0 bridgehead atoms. The van der Waals surface area contributed by atoms with Crippen molar-refractivity contribution in [2.24, 2.45) is 5.92 Å². The highest BCUT2D eigenvalue weighted by Crippen LogP contribution is 2.31. The van der Waals surface area contributed by atoms with E-state index in [0.717, 1.165) is 43.4 Å². The van der Waals surface area contributed by atoms with Crippen LogP contribution in [-0.4, -0.2) is 71.1 Å². The highest BCUT2D eigenvalue weighted by molar-refractivity contribution is 6.07. The highest BCUT2D eigenvalue weighted by atomic mass is 16.5. The fourth-order valence-electron chi connectivity index (χ4n) is 5.35. The number of urea groups is 1. The van der Waals surface area contributed by atoms with Crippen LogP contribution in [0.25, 0.3) is 5.52 Å². The van der Waals surface area contributed by atoms with Gasteiger partial charge < -0.3 is 14.4 Å². The number of nitrogens with zero attached hydrogens (tertiary/aromatic N) is 5. The minimum atomic E-state index is -0.379. The molecule has 4 amide bonds. The zero-order chi connectivity index (χ0) is 26.8. The number of benzene rings is 1. The van der Waals surface area contributed by atoms with Crippen LogP contribution < -0.4 is 14.4 Å². The van der Waals surface area contributed by atoms with Crippen LogP contribution in [0.15, 0.2) is 42.7 Å². The van der Waals surface area contributed by atoms with Gasteiger partial charge in [0.2, 0.25) is 11.8 Å². The fraction of sp³-hybridized carbons (Fsp3) is 0.429. The zero-order valence-corrected chi connectivity index (χ0v) is 22.1. The Balaban J connectivity index is 1.35. The van der Waals surface area contributed by atoms with Crippen LogP contribution in [0.3, 0.4) is 0 Å².